The summed E-state index contributed by atoms with van der Waals surface area (Å²) in [6.45, 7) is 5.02. The van der Waals surface area contributed by atoms with Crippen LogP contribution in [-0.4, -0.2) is 80.0 Å². The SMILES string of the molecule is CCn1nc(C)cc1C(=O)/N=c1\sc2cc(C(N)=O)cc(OCCC(OC)OC)c2n1C/C=C/CNc1c(N)cc(C(=O)OC)cc1OC. The normalized spacial score (nSPS) is 11.9. The van der Waals surface area contributed by atoms with Crippen LogP contribution in [0.1, 0.15) is 50.2 Å². The highest BCUT2D eigenvalue weighted by Crippen LogP contribution is 2.33. The van der Waals surface area contributed by atoms with Gasteiger partial charge in [0.1, 0.15) is 28.4 Å². The van der Waals surface area contributed by atoms with Crippen LogP contribution in [0.3, 0.4) is 0 Å². The standard InChI is InChI=1S/C33H41N7O8S/c1-7-40-23(14-19(2)38-40)31(42)37-33-39(12-9-8-11-36-28-22(34)15-21(32(43)47-6)17-24(28)44-3)29-25(48-13-10-27(45-4)46-5)16-20(30(35)41)18-26(29)49-33/h8-9,14-18,27,36H,7,10-13,34H2,1-6H3,(H2,35,41)/b9-8+,37-33-. The van der Waals surface area contributed by atoms with Crippen molar-refractivity contribution in [3.05, 3.63) is 69.8 Å². The van der Waals surface area contributed by atoms with Gasteiger partial charge in [0, 0.05) is 45.8 Å². The summed E-state index contributed by atoms with van der Waals surface area (Å²) < 4.78 is 31.0. The van der Waals surface area contributed by atoms with Crippen LogP contribution in [0.2, 0.25) is 0 Å². The summed E-state index contributed by atoms with van der Waals surface area (Å²) in [5, 5.41) is 7.59. The molecular formula is C33H41N7O8S. The van der Waals surface area contributed by atoms with E-state index in [9.17, 15) is 14.4 Å². The highest BCUT2D eigenvalue weighted by Gasteiger charge is 2.19. The van der Waals surface area contributed by atoms with Gasteiger partial charge in [0.2, 0.25) is 5.91 Å². The van der Waals surface area contributed by atoms with Crippen LogP contribution in [0.25, 0.3) is 10.2 Å². The van der Waals surface area contributed by atoms with Crippen LogP contribution in [0.4, 0.5) is 11.4 Å². The Morgan fingerprint density at radius 1 is 1.04 bits per heavy atom. The molecule has 262 valence electrons. The molecule has 0 aliphatic heterocycles. The number of aromatic nitrogens is 3. The van der Waals surface area contributed by atoms with Gasteiger partial charge in [-0.25, -0.2) is 4.79 Å². The lowest BCUT2D eigenvalue weighted by molar-refractivity contribution is -0.110. The van der Waals surface area contributed by atoms with Gasteiger partial charge in [-0.2, -0.15) is 10.1 Å². The van der Waals surface area contributed by atoms with Crippen molar-refractivity contribution < 1.29 is 38.1 Å². The molecule has 0 bridgehead atoms. The Labute approximate surface area is 287 Å². The summed E-state index contributed by atoms with van der Waals surface area (Å²) in [7, 11) is 5.83. The Hall–Kier alpha value is -5.19. The van der Waals surface area contributed by atoms with Crippen molar-refractivity contribution in [1.29, 1.82) is 0 Å². The average molecular weight is 696 g/mol. The van der Waals surface area contributed by atoms with Gasteiger partial charge in [-0.1, -0.05) is 23.5 Å². The van der Waals surface area contributed by atoms with E-state index in [1.807, 2.05) is 30.6 Å². The monoisotopic (exact) mass is 695 g/mol. The zero-order valence-electron chi connectivity index (χ0n) is 28.3. The molecule has 0 aliphatic rings. The van der Waals surface area contributed by atoms with Crippen LogP contribution in [0.15, 0.2) is 47.5 Å². The molecule has 0 unspecified atom stereocenters. The number of ether oxygens (including phenoxy) is 5. The van der Waals surface area contributed by atoms with Crippen LogP contribution in [0.5, 0.6) is 11.5 Å². The minimum Gasteiger partial charge on any atom is -0.494 e. The summed E-state index contributed by atoms with van der Waals surface area (Å²) in [6.07, 6.45) is 3.67. The Bertz CT molecular complexity index is 1920. The van der Waals surface area contributed by atoms with Crippen molar-refractivity contribution >= 4 is 50.7 Å². The number of benzene rings is 2. The number of nitrogens with one attached hydrogen (secondary N) is 1. The van der Waals surface area contributed by atoms with Gasteiger partial charge in [-0.3, -0.25) is 14.3 Å². The highest BCUT2D eigenvalue weighted by atomic mass is 32.1. The largest absolute Gasteiger partial charge is 0.494 e. The Morgan fingerprint density at radius 3 is 2.43 bits per heavy atom. The van der Waals surface area contributed by atoms with E-state index in [0.717, 1.165) is 0 Å². The fraction of sp³-hybridized carbons (Fsp3) is 0.364. The molecule has 0 radical (unpaired) electrons. The number of carbonyl (C=O) groups excluding carboxylic acids is 3. The molecular weight excluding hydrogens is 654 g/mol. The van der Waals surface area contributed by atoms with Crippen molar-refractivity contribution in [2.75, 3.05) is 52.6 Å². The Kier molecular flexibility index (Phi) is 12.5. The third-order valence-corrected chi connectivity index (χ3v) is 8.43. The molecule has 2 aromatic heterocycles. The number of thiazole rings is 1. The van der Waals surface area contributed by atoms with Gasteiger partial charge in [0.25, 0.3) is 5.91 Å². The molecule has 49 heavy (non-hydrogen) atoms. The van der Waals surface area contributed by atoms with E-state index in [2.05, 4.69) is 15.4 Å². The van der Waals surface area contributed by atoms with E-state index in [1.54, 1.807) is 28.9 Å². The summed E-state index contributed by atoms with van der Waals surface area (Å²) in [4.78, 5) is 42.6. The number of rotatable bonds is 16. The minimum atomic E-state index is -0.629. The maximum Gasteiger partial charge on any atom is 0.338 e. The highest BCUT2D eigenvalue weighted by molar-refractivity contribution is 7.16. The third-order valence-electron chi connectivity index (χ3n) is 7.41. The fourth-order valence-electron chi connectivity index (χ4n) is 5.03. The number of nitrogens with zero attached hydrogens (tertiary/aromatic N) is 4. The van der Waals surface area contributed by atoms with E-state index in [4.69, 9.17) is 35.2 Å². The number of nitrogens with two attached hydrogens (primary N) is 2. The van der Waals surface area contributed by atoms with Gasteiger partial charge in [0.15, 0.2) is 11.1 Å². The minimum absolute atomic E-state index is 0.206. The molecule has 5 N–H and O–H groups in total. The summed E-state index contributed by atoms with van der Waals surface area (Å²) in [5.41, 5.74) is 14.9. The number of allylic oxidation sites excluding steroid dienone is 1. The van der Waals surface area contributed by atoms with Gasteiger partial charge < -0.3 is 45.0 Å². The Morgan fingerprint density at radius 2 is 1.78 bits per heavy atom. The van der Waals surface area contributed by atoms with Crippen LogP contribution in [-0.2, 0) is 27.3 Å². The van der Waals surface area contributed by atoms with Crippen molar-refractivity contribution in [2.45, 2.75) is 39.6 Å². The number of amides is 2. The lowest BCUT2D eigenvalue weighted by Crippen LogP contribution is -2.19. The molecule has 0 saturated heterocycles. The van der Waals surface area contributed by atoms with E-state index >= 15 is 0 Å². The lowest BCUT2D eigenvalue weighted by Gasteiger charge is -2.15. The molecule has 2 amide bonds. The fourth-order valence-corrected chi connectivity index (χ4v) is 6.12. The second kappa shape index (κ2) is 16.8. The second-order valence-corrected chi connectivity index (χ2v) is 11.6. The first-order valence-electron chi connectivity index (χ1n) is 15.3. The molecule has 15 nitrogen and oxygen atoms in total. The molecule has 0 spiro atoms. The number of anilines is 2. The third kappa shape index (κ3) is 8.65. The number of hydrogen-bond acceptors (Lipinski definition) is 12. The molecule has 4 rings (SSSR count). The van der Waals surface area contributed by atoms with Gasteiger partial charge in [-0.15, -0.1) is 0 Å². The molecule has 0 aliphatic carbocycles. The number of hydrogen-bond donors (Lipinski definition) is 3. The molecule has 4 aromatic rings. The van der Waals surface area contributed by atoms with E-state index in [0.29, 0.717) is 68.8 Å². The smallest absolute Gasteiger partial charge is 0.338 e. The maximum atomic E-state index is 13.5. The van der Waals surface area contributed by atoms with E-state index in [-0.39, 0.29) is 24.3 Å². The molecule has 0 atom stereocenters. The predicted octanol–water partition coefficient (Wildman–Crippen LogP) is 3.50. The first-order chi connectivity index (χ1) is 23.5. The second-order valence-electron chi connectivity index (χ2n) is 10.6. The molecule has 0 fully saturated rings. The van der Waals surface area contributed by atoms with E-state index in [1.165, 1.54) is 45.8 Å². The van der Waals surface area contributed by atoms with Crippen molar-refractivity contribution in [3.63, 3.8) is 0 Å². The van der Waals surface area contributed by atoms with Gasteiger partial charge >= 0.3 is 5.97 Å². The van der Waals surface area contributed by atoms with Gasteiger partial charge in [0.05, 0.1) is 42.5 Å². The first kappa shape index (κ1) is 36.6. The zero-order chi connectivity index (χ0) is 35.7. The summed E-state index contributed by atoms with van der Waals surface area (Å²) >= 11 is 1.22. The lowest BCUT2D eigenvalue weighted by atomic mass is 10.1. The number of methoxy groups -OCH3 is 4. The molecule has 2 heterocycles. The number of esters is 1. The number of primary amides is 1. The molecule has 2 aromatic carbocycles. The number of nitrogen functional groups attached to an aromatic ring is 1. The molecule has 0 saturated carbocycles. The van der Waals surface area contributed by atoms with Crippen molar-refractivity contribution in [3.8, 4) is 11.5 Å². The zero-order valence-corrected chi connectivity index (χ0v) is 29.1. The van der Waals surface area contributed by atoms with Crippen molar-refractivity contribution in [2.24, 2.45) is 10.7 Å². The summed E-state index contributed by atoms with van der Waals surface area (Å²) in [5.74, 6) is -0.868. The first-order valence-corrected chi connectivity index (χ1v) is 16.1. The van der Waals surface area contributed by atoms with E-state index < -0.39 is 24.1 Å². The predicted molar refractivity (Wildman–Crippen MR) is 185 cm³/mol. The summed E-state index contributed by atoms with van der Waals surface area (Å²) in [6, 6.07) is 7.97. The number of fused-ring (bicyclic) bond motifs is 1. The molecule has 16 heteroatoms. The van der Waals surface area contributed by atoms with Crippen LogP contribution >= 0.6 is 11.3 Å². The number of aryl methyl sites for hydroxylation is 2. The van der Waals surface area contributed by atoms with Crippen LogP contribution < -0.4 is 31.1 Å². The maximum absolute atomic E-state index is 13.5. The number of carbonyl (C=O) groups is 3. The van der Waals surface area contributed by atoms with Crippen molar-refractivity contribution in [1.82, 2.24) is 14.3 Å². The van der Waals surface area contributed by atoms with Gasteiger partial charge in [-0.05, 0) is 44.2 Å². The topological polar surface area (TPSA) is 197 Å². The quantitative estimate of drug-likeness (QED) is 0.0672. The Balaban J connectivity index is 1.73. The van der Waals surface area contributed by atoms with Crippen LogP contribution in [0, 0.1) is 6.92 Å². The average Bonchev–Trinajstić information content (AvgIpc) is 3.65.